The summed E-state index contributed by atoms with van der Waals surface area (Å²) in [4.78, 5) is 26.1. The van der Waals surface area contributed by atoms with Crippen molar-refractivity contribution in [3.05, 3.63) is 65.4 Å². The number of carbonyl (C=O) groups excluding carboxylic acids is 2. The number of amides is 2. The first-order valence-corrected chi connectivity index (χ1v) is 11.0. The molecule has 0 radical (unpaired) electrons. The highest BCUT2D eigenvalue weighted by Crippen LogP contribution is 2.34. The van der Waals surface area contributed by atoms with E-state index in [2.05, 4.69) is 34.5 Å². The summed E-state index contributed by atoms with van der Waals surface area (Å²) in [6.07, 6.45) is 2.43. The topological polar surface area (TPSA) is 81.0 Å². The molecular weight excluding hydrogens is 408 g/mol. The lowest BCUT2D eigenvalue weighted by Crippen LogP contribution is -2.39. The van der Waals surface area contributed by atoms with Crippen molar-refractivity contribution >= 4 is 22.8 Å². The summed E-state index contributed by atoms with van der Waals surface area (Å²) in [5.74, 6) is -0.167. The molecule has 2 aliphatic heterocycles. The van der Waals surface area contributed by atoms with Crippen LogP contribution in [0.3, 0.4) is 0 Å². The van der Waals surface area contributed by atoms with Crippen molar-refractivity contribution in [3.8, 4) is 5.75 Å². The Morgan fingerprint density at radius 2 is 1.81 bits per heavy atom. The number of fused-ring (bicyclic) bond motifs is 1. The lowest BCUT2D eigenvalue weighted by molar-refractivity contribution is -0.134. The highest BCUT2D eigenvalue weighted by atomic mass is 16.5. The smallest absolute Gasteiger partial charge is 0.234 e. The second-order valence-electron chi connectivity index (χ2n) is 8.35. The Balaban J connectivity index is 1.24. The molecule has 32 heavy (non-hydrogen) atoms. The molecule has 2 saturated heterocycles. The van der Waals surface area contributed by atoms with E-state index in [1.807, 2.05) is 18.2 Å². The zero-order valence-electron chi connectivity index (χ0n) is 17.8. The van der Waals surface area contributed by atoms with Gasteiger partial charge in [0.2, 0.25) is 11.8 Å². The third-order valence-corrected chi connectivity index (χ3v) is 6.13. The summed E-state index contributed by atoms with van der Waals surface area (Å²) in [5, 5.41) is 3.26. The SMILES string of the molecule is O=C1CCC(c2coc3ccc(OCc4ccc(CN5CCOCC5)cc4)cc23)C(=O)N1. The van der Waals surface area contributed by atoms with Gasteiger partial charge in [-0.2, -0.15) is 0 Å². The van der Waals surface area contributed by atoms with Crippen LogP contribution >= 0.6 is 0 Å². The van der Waals surface area contributed by atoms with Gasteiger partial charge in [-0.05, 0) is 35.7 Å². The van der Waals surface area contributed by atoms with E-state index in [9.17, 15) is 9.59 Å². The van der Waals surface area contributed by atoms with Crippen LogP contribution in [-0.2, 0) is 27.5 Å². The Bertz CT molecular complexity index is 1120. The Morgan fingerprint density at radius 3 is 2.59 bits per heavy atom. The normalized spacial score (nSPS) is 19.8. The Labute approximate surface area is 186 Å². The van der Waals surface area contributed by atoms with E-state index in [1.54, 1.807) is 6.26 Å². The minimum atomic E-state index is -0.386. The number of furan rings is 1. The van der Waals surface area contributed by atoms with E-state index in [-0.39, 0.29) is 17.7 Å². The molecule has 5 rings (SSSR count). The average molecular weight is 434 g/mol. The standard InChI is InChI=1S/C25H26N2O5/c28-24-8-6-20(25(29)26-24)22-16-32-23-7-5-19(13-21(22)23)31-15-18-3-1-17(2-4-18)14-27-9-11-30-12-10-27/h1-5,7,13,16,20H,6,8-12,14-15H2,(H,26,28,29). The molecule has 2 aliphatic rings. The van der Waals surface area contributed by atoms with Gasteiger partial charge in [-0.15, -0.1) is 0 Å². The van der Waals surface area contributed by atoms with Gasteiger partial charge in [0, 0.05) is 37.0 Å². The van der Waals surface area contributed by atoms with Gasteiger partial charge in [-0.3, -0.25) is 19.8 Å². The van der Waals surface area contributed by atoms with Crippen molar-refractivity contribution in [2.75, 3.05) is 26.3 Å². The van der Waals surface area contributed by atoms with Crippen LogP contribution in [0.1, 0.15) is 35.4 Å². The number of nitrogens with one attached hydrogen (secondary N) is 1. The monoisotopic (exact) mass is 434 g/mol. The molecule has 1 atom stereocenters. The van der Waals surface area contributed by atoms with Gasteiger partial charge in [0.05, 0.1) is 25.4 Å². The maximum absolute atomic E-state index is 12.3. The lowest BCUT2D eigenvalue weighted by Gasteiger charge is -2.26. The summed E-state index contributed by atoms with van der Waals surface area (Å²) in [6.45, 7) is 4.94. The number of benzene rings is 2. The molecule has 0 bridgehead atoms. The summed E-state index contributed by atoms with van der Waals surface area (Å²) in [7, 11) is 0. The minimum absolute atomic E-state index is 0.223. The molecule has 166 valence electrons. The number of hydrogen-bond donors (Lipinski definition) is 1. The Kier molecular flexibility index (Phi) is 5.92. The Hall–Kier alpha value is -3.16. The van der Waals surface area contributed by atoms with E-state index in [0.717, 1.165) is 49.4 Å². The fourth-order valence-corrected chi connectivity index (χ4v) is 4.30. The number of hydrogen-bond acceptors (Lipinski definition) is 6. The fraction of sp³-hybridized carbons (Fsp3) is 0.360. The van der Waals surface area contributed by atoms with Crippen LogP contribution in [0, 0.1) is 0 Å². The molecule has 7 nitrogen and oxygen atoms in total. The van der Waals surface area contributed by atoms with Crippen LogP contribution in [0.2, 0.25) is 0 Å². The summed E-state index contributed by atoms with van der Waals surface area (Å²) >= 11 is 0. The lowest BCUT2D eigenvalue weighted by atomic mass is 9.90. The van der Waals surface area contributed by atoms with E-state index in [1.165, 1.54) is 5.56 Å². The second kappa shape index (κ2) is 9.14. The van der Waals surface area contributed by atoms with Crippen molar-refractivity contribution in [2.45, 2.75) is 31.9 Å². The van der Waals surface area contributed by atoms with Gasteiger partial charge < -0.3 is 13.9 Å². The van der Waals surface area contributed by atoms with Gasteiger partial charge in [-0.25, -0.2) is 0 Å². The summed E-state index contributed by atoms with van der Waals surface area (Å²) in [5.41, 5.74) is 3.87. The summed E-state index contributed by atoms with van der Waals surface area (Å²) in [6, 6.07) is 14.1. The van der Waals surface area contributed by atoms with E-state index in [0.29, 0.717) is 30.8 Å². The number of morpholine rings is 1. The molecule has 0 saturated carbocycles. The zero-order valence-corrected chi connectivity index (χ0v) is 17.8. The number of piperidine rings is 1. The number of rotatable bonds is 6. The number of ether oxygens (including phenoxy) is 2. The van der Waals surface area contributed by atoms with Gasteiger partial charge in [0.15, 0.2) is 0 Å². The predicted octanol–water partition coefficient (Wildman–Crippen LogP) is 3.36. The van der Waals surface area contributed by atoms with Gasteiger partial charge >= 0.3 is 0 Å². The molecular formula is C25H26N2O5. The van der Waals surface area contributed by atoms with E-state index >= 15 is 0 Å². The predicted molar refractivity (Wildman–Crippen MR) is 118 cm³/mol. The van der Waals surface area contributed by atoms with Crippen molar-refractivity contribution in [1.82, 2.24) is 10.2 Å². The van der Waals surface area contributed by atoms with E-state index < -0.39 is 0 Å². The number of carbonyl (C=O) groups is 2. The minimum Gasteiger partial charge on any atom is -0.489 e. The molecule has 1 aromatic heterocycles. The average Bonchev–Trinajstić information content (AvgIpc) is 3.22. The first-order chi connectivity index (χ1) is 15.7. The van der Waals surface area contributed by atoms with Crippen LogP contribution < -0.4 is 10.1 Å². The maximum Gasteiger partial charge on any atom is 0.234 e. The number of nitrogens with zero attached hydrogens (tertiary/aromatic N) is 1. The fourth-order valence-electron chi connectivity index (χ4n) is 4.30. The third-order valence-electron chi connectivity index (χ3n) is 6.13. The Morgan fingerprint density at radius 1 is 1.03 bits per heavy atom. The van der Waals surface area contributed by atoms with Crippen molar-refractivity contribution in [1.29, 1.82) is 0 Å². The number of imide groups is 1. The molecule has 3 heterocycles. The summed E-state index contributed by atoms with van der Waals surface area (Å²) < 4.78 is 17.1. The first kappa shape index (κ1) is 20.7. The van der Waals surface area contributed by atoms with Gasteiger partial charge in [0.1, 0.15) is 17.9 Å². The molecule has 1 unspecified atom stereocenters. The third kappa shape index (κ3) is 4.54. The molecule has 2 fully saturated rings. The van der Waals surface area contributed by atoms with Crippen LogP contribution in [-0.4, -0.2) is 43.0 Å². The first-order valence-electron chi connectivity index (χ1n) is 11.0. The van der Waals surface area contributed by atoms with Crippen LogP contribution in [0.5, 0.6) is 5.75 Å². The largest absolute Gasteiger partial charge is 0.489 e. The molecule has 0 spiro atoms. The highest BCUT2D eigenvalue weighted by molar-refractivity contribution is 6.02. The van der Waals surface area contributed by atoms with Gasteiger partial charge in [-0.1, -0.05) is 24.3 Å². The van der Waals surface area contributed by atoms with Crippen LogP contribution in [0.4, 0.5) is 0 Å². The van der Waals surface area contributed by atoms with Gasteiger partial charge in [0.25, 0.3) is 0 Å². The molecule has 1 N–H and O–H groups in total. The van der Waals surface area contributed by atoms with Crippen LogP contribution in [0.25, 0.3) is 11.0 Å². The maximum atomic E-state index is 12.3. The molecule has 2 amide bonds. The van der Waals surface area contributed by atoms with Crippen molar-refractivity contribution < 1.29 is 23.5 Å². The second-order valence-corrected chi connectivity index (χ2v) is 8.35. The quantitative estimate of drug-likeness (QED) is 0.599. The molecule has 3 aromatic rings. The van der Waals surface area contributed by atoms with Crippen molar-refractivity contribution in [3.63, 3.8) is 0 Å². The zero-order chi connectivity index (χ0) is 21.9. The van der Waals surface area contributed by atoms with E-state index in [4.69, 9.17) is 13.9 Å². The highest BCUT2D eigenvalue weighted by Gasteiger charge is 2.30. The molecule has 2 aromatic carbocycles. The molecule has 7 heteroatoms. The van der Waals surface area contributed by atoms with Crippen LogP contribution in [0.15, 0.2) is 53.1 Å². The van der Waals surface area contributed by atoms with Crippen molar-refractivity contribution in [2.24, 2.45) is 0 Å². The molecule has 0 aliphatic carbocycles.